The molecule has 0 saturated carbocycles. The van der Waals surface area contributed by atoms with E-state index in [2.05, 4.69) is 4.98 Å². The molecule has 0 atom stereocenters. The van der Waals surface area contributed by atoms with Gasteiger partial charge in [-0.1, -0.05) is 12.1 Å². The topological polar surface area (TPSA) is 99.1 Å². The quantitative estimate of drug-likeness (QED) is 0.672. The fourth-order valence-electron chi connectivity index (χ4n) is 2.28. The van der Waals surface area contributed by atoms with Crippen molar-refractivity contribution in [2.45, 2.75) is 0 Å². The summed E-state index contributed by atoms with van der Waals surface area (Å²) >= 11 is 0. The number of aromatic nitrogens is 4. The van der Waals surface area contributed by atoms with Crippen LogP contribution in [0.5, 0.6) is 5.75 Å². The summed E-state index contributed by atoms with van der Waals surface area (Å²) in [4.78, 5) is 40.6. The molecule has 0 spiro atoms. The Morgan fingerprint density at radius 3 is 2.50 bits per heavy atom. The van der Waals surface area contributed by atoms with Gasteiger partial charge in [0.25, 0.3) is 11.5 Å². The molecule has 0 radical (unpaired) electrons. The molecule has 0 fully saturated rings. The molecule has 0 aliphatic heterocycles. The number of hydrogen-bond acceptors (Lipinski definition) is 5. The molecule has 2 aromatic heterocycles. The smallest absolute Gasteiger partial charge is 0.332 e. The van der Waals surface area contributed by atoms with Gasteiger partial charge in [0.1, 0.15) is 12.1 Å². The fourth-order valence-corrected chi connectivity index (χ4v) is 2.28. The highest BCUT2D eigenvalue weighted by molar-refractivity contribution is 6.02. The van der Waals surface area contributed by atoms with Gasteiger partial charge in [-0.3, -0.25) is 23.3 Å². The number of nitrogens with zero attached hydrogens (tertiary/aromatic N) is 4. The molecule has 2 heterocycles. The van der Waals surface area contributed by atoms with Gasteiger partial charge in [0.05, 0.1) is 5.56 Å². The molecule has 22 heavy (non-hydrogen) atoms. The van der Waals surface area contributed by atoms with Crippen molar-refractivity contribution in [2.24, 2.45) is 14.1 Å². The van der Waals surface area contributed by atoms with Crippen molar-refractivity contribution < 1.29 is 9.90 Å². The predicted molar refractivity (Wildman–Crippen MR) is 78.1 cm³/mol. The lowest BCUT2D eigenvalue weighted by molar-refractivity contribution is 0.0961. The number of aromatic hydroxyl groups is 1. The molecule has 1 N–H and O–H groups in total. The zero-order chi connectivity index (χ0) is 16.0. The minimum atomic E-state index is -0.626. The Labute approximate surface area is 123 Å². The van der Waals surface area contributed by atoms with Crippen LogP contribution in [0.3, 0.4) is 0 Å². The summed E-state index contributed by atoms with van der Waals surface area (Å²) in [5.74, 6) is -0.799. The van der Waals surface area contributed by atoms with Crippen LogP contribution >= 0.6 is 0 Å². The molecule has 0 bridgehead atoms. The van der Waals surface area contributed by atoms with Gasteiger partial charge in [-0.2, -0.15) is 0 Å². The first-order valence-electron chi connectivity index (χ1n) is 6.39. The first-order valence-corrected chi connectivity index (χ1v) is 6.39. The third kappa shape index (κ3) is 1.77. The number of phenolic OH excluding ortho intramolecular Hbond substituents is 1. The van der Waals surface area contributed by atoms with Crippen LogP contribution in [0.1, 0.15) is 10.4 Å². The molecule has 0 aliphatic rings. The molecule has 1 aromatic carbocycles. The Bertz CT molecular complexity index is 1030. The first kappa shape index (κ1) is 13.8. The van der Waals surface area contributed by atoms with E-state index in [0.717, 1.165) is 9.13 Å². The highest BCUT2D eigenvalue weighted by atomic mass is 16.3. The number of hydrogen-bond donors (Lipinski definition) is 1. The van der Waals surface area contributed by atoms with Crippen LogP contribution in [0.15, 0.2) is 40.2 Å². The van der Waals surface area contributed by atoms with Crippen molar-refractivity contribution in [1.29, 1.82) is 0 Å². The second-order valence-corrected chi connectivity index (χ2v) is 4.81. The van der Waals surface area contributed by atoms with Crippen LogP contribution in [-0.4, -0.2) is 29.7 Å². The Kier molecular flexibility index (Phi) is 2.94. The van der Waals surface area contributed by atoms with Gasteiger partial charge in [-0.05, 0) is 12.1 Å². The second kappa shape index (κ2) is 4.69. The van der Waals surface area contributed by atoms with Crippen LogP contribution in [0.2, 0.25) is 0 Å². The van der Waals surface area contributed by atoms with Gasteiger partial charge in [0.15, 0.2) is 11.2 Å². The summed E-state index contributed by atoms with van der Waals surface area (Å²) in [5, 5.41) is 9.78. The molecule has 8 heteroatoms. The number of imidazole rings is 1. The van der Waals surface area contributed by atoms with Crippen LogP contribution in [-0.2, 0) is 14.1 Å². The summed E-state index contributed by atoms with van der Waals surface area (Å²) in [6, 6.07) is 6.00. The Morgan fingerprint density at radius 1 is 1.14 bits per heavy atom. The third-order valence-corrected chi connectivity index (χ3v) is 3.50. The minimum absolute atomic E-state index is 0.0159. The lowest BCUT2D eigenvalue weighted by Gasteiger charge is -2.06. The Morgan fingerprint density at radius 2 is 1.82 bits per heavy atom. The van der Waals surface area contributed by atoms with E-state index in [9.17, 15) is 19.5 Å². The molecular formula is C14H12N4O4. The Hall–Kier alpha value is -3.16. The number of benzene rings is 1. The van der Waals surface area contributed by atoms with Crippen molar-refractivity contribution in [2.75, 3.05) is 0 Å². The molecule has 3 rings (SSSR count). The van der Waals surface area contributed by atoms with Crippen LogP contribution in [0.25, 0.3) is 11.2 Å². The maximum Gasteiger partial charge on any atom is 0.332 e. The lowest BCUT2D eigenvalue weighted by atomic mass is 10.2. The zero-order valence-corrected chi connectivity index (χ0v) is 11.8. The number of fused-ring (bicyclic) bond motifs is 1. The zero-order valence-electron chi connectivity index (χ0n) is 11.8. The van der Waals surface area contributed by atoms with E-state index in [1.807, 2.05) is 0 Å². The lowest BCUT2D eigenvalue weighted by Crippen LogP contribution is -2.38. The molecule has 0 unspecified atom stereocenters. The van der Waals surface area contributed by atoms with Gasteiger partial charge in [-0.15, -0.1) is 0 Å². The number of phenols is 1. The summed E-state index contributed by atoms with van der Waals surface area (Å²) in [5.41, 5.74) is -1.02. The van der Waals surface area contributed by atoms with Crippen LogP contribution < -0.4 is 11.2 Å². The molecular weight excluding hydrogens is 288 g/mol. The molecule has 0 aliphatic carbocycles. The van der Waals surface area contributed by atoms with E-state index in [4.69, 9.17) is 0 Å². The maximum atomic E-state index is 12.5. The van der Waals surface area contributed by atoms with E-state index < -0.39 is 17.2 Å². The molecule has 0 saturated heterocycles. The minimum Gasteiger partial charge on any atom is -0.507 e. The number of carbonyl (C=O) groups excluding carboxylic acids is 1. The predicted octanol–water partition coefficient (Wildman–Crippen LogP) is -0.172. The molecule has 0 amide bonds. The van der Waals surface area contributed by atoms with E-state index in [1.54, 1.807) is 12.1 Å². The van der Waals surface area contributed by atoms with Crippen molar-refractivity contribution >= 4 is 17.1 Å². The van der Waals surface area contributed by atoms with Crippen molar-refractivity contribution in [3.8, 4) is 5.75 Å². The average Bonchev–Trinajstić information content (AvgIpc) is 2.95. The summed E-state index contributed by atoms with van der Waals surface area (Å²) in [7, 11) is 2.79. The van der Waals surface area contributed by atoms with Crippen LogP contribution in [0, 0.1) is 0 Å². The maximum absolute atomic E-state index is 12.5. The number of carbonyl (C=O) groups is 1. The van der Waals surface area contributed by atoms with E-state index in [-0.39, 0.29) is 22.5 Å². The summed E-state index contributed by atoms with van der Waals surface area (Å²) in [6.45, 7) is 0. The van der Waals surface area contributed by atoms with E-state index in [0.29, 0.717) is 0 Å². The van der Waals surface area contributed by atoms with Gasteiger partial charge in [0.2, 0.25) is 0 Å². The van der Waals surface area contributed by atoms with E-state index in [1.165, 1.54) is 37.1 Å². The van der Waals surface area contributed by atoms with Crippen LogP contribution in [0.4, 0.5) is 0 Å². The highest BCUT2D eigenvalue weighted by Crippen LogP contribution is 2.18. The summed E-state index contributed by atoms with van der Waals surface area (Å²) < 4.78 is 3.12. The Balaban J connectivity index is 2.35. The fraction of sp³-hybridized carbons (Fsp3) is 0.143. The molecule has 8 nitrogen and oxygen atoms in total. The molecule has 112 valence electrons. The van der Waals surface area contributed by atoms with Gasteiger partial charge in [0, 0.05) is 14.1 Å². The third-order valence-electron chi connectivity index (χ3n) is 3.50. The van der Waals surface area contributed by atoms with Crippen molar-refractivity contribution in [1.82, 2.24) is 18.7 Å². The number of rotatable bonds is 1. The standard InChI is InChI=1S/C14H12N4O4/c1-16-11-10(13(21)17(2)14(16)22)18(7-15-11)12(20)8-5-3-4-6-9(8)19/h3-7,19H,1-2H3. The monoisotopic (exact) mass is 300 g/mol. The average molecular weight is 300 g/mol. The van der Waals surface area contributed by atoms with Gasteiger partial charge < -0.3 is 5.11 Å². The normalized spacial score (nSPS) is 11.0. The second-order valence-electron chi connectivity index (χ2n) is 4.81. The number of aryl methyl sites for hydroxylation is 1. The van der Waals surface area contributed by atoms with Gasteiger partial charge in [-0.25, -0.2) is 9.78 Å². The highest BCUT2D eigenvalue weighted by Gasteiger charge is 2.20. The number of para-hydroxylation sites is 1. The van der Waals surface area contributed by atoms with Crippen molar-refractivity contribution in [3.63, 3.8) is 0 Å². The molecule has 3 aromatic rings. The van der Waals surface area contributed by atoms with Crippen molar-refractivity contribution in [3.05, 3.63) is 57.0 Å². The SMILES string of the molecule is Cn1c(=O)c2c(ncn2C(=O)c2ccccc2O)n(C)c1=O. The van der Waals surface area contributed by atoms with Gasteiger partial charge >= 0.3 is 5.69 Å². The van der Waals surface area contributed by atoms with E-state index >= 15 is 0 Å². The summed E-state index contributed by atoms with van der Waals surface area (Å²) in [6.07, 6.45) is 1.17. The first-order chi connectivity index (χ1) is 10.4. The largest absolute Gasteiger partial charge is 0.507 e.